The zero-order valence-electron chi connectivity index (χ0n) is 9.86. The lowest BCUT2D eigenvalue weighted by atomic mass is 10.00. The number of nitriles is 1. The molecule has 0 radical (unpaired) electrons. The molecule has 16 heavy (non-hydrogen) atoms. The number of nitrogens with zero attached hydrogens (tertiary/aromatic N) is 2. The predicted molar refractivity (Wildman–Crippen MR) is 62.8 cm³/mol. The van der Waals surface area contributed by atoms with Gasteiger partial charge in [0.2, 0.25) is 0 Å². The Bertz CT molecular complexity index is 360. The zero-order valence-corrected chi connectivity index (χ0v) is 10.7. The lowest BCUT2D eigenvalue weighted by molar-refractivity contribution is 0.265. The Kier molecular flexibility index (Phi) is 4.30. The highest BCUT2D eigenvalue weighted by atomic mass is 32.2. The molecule has 1 saturated heterocycles. The van der Waals surface area contributed by atoms with Crippen molar-refractivity contribution in [2.75, 3.05) is 38.2 Å². The fraction of sp³-hybridized carbons (Fsp3) is 0.900. The number of hydrogen-bond acceptors (Lipinski definition) is 5. The topological polar surface area (TPSA) is 73.2 Å². The van der Waals surface area contributed by atoms with Crippen molar-refractivity contribution in [3.05, 3.63) is 0 Å². The van der Waals surface area contributed by atoms with E-state index in [1.165, 1.54) is 0 Å². The van der Waals surface area contributed by atoms with Gasteiger partial charge in [-0.25, -0.2) is 8.42 Å². The first-order chi connectivity index (χ1) is 7.41. The molecule has 1 fully saturated rings. The first-order valence-electron chi connectivity index (χ1n) is 5.44. The van der Waals surface area contributed by atoms with Gasteiger partial charge < -0.3 is 10.2 Å². The fourth-order valence-corrected chi connectivity index (χ4v) is 2.87. The van der Waals surface area contributed by atoms with Crippen LogP contribution < -0.4 is 5.32 Å². The van der Waals surface area contributed by atoms with Gasteiger partial charge in [-0.2, -0.15) is 5.26 Å². The first kappa shape index (κ1) is 13.4. The van der Waals surface area contributed by atoms with Crippen molar-refractivity contribution in [2.45, 2.75) is 18.9 Å². The van der Waals surface area contributed by atoms with Crippen LogP contribution in [0.25, 0.3) is 0 Å². The van der Waals surface area contributed by atoms with E-state index in [2.05, 4.69) is 16.3 Å². The van der Waals surface area contributed by atoms with Crippen molar-refractivity contribution in [1.82, 2.24) is 10.2 Å². The highest BCUT2D eigenvalue weighted by Crippen LogP contribution is 2.11. The van der Waals surface area contributed by atoms with E-state index in [9.17, 15) is 8.42 Å². The molecule has 0 saturated carbocycles. The van der Waals surface area contributed by atoms with Crippen LogP contribution in [0.2, 0.25) is 0 Å². The maximum atomic E-state index is 11.2. The molecule has 0 aromatic carbocycles. The van der Waals surface area contributed by atoms with E-state index in [1.54, 1.807) is 7.05 Å². The summed E-state index contributed by atoms with van der Waals surface area (Å²) in [6.07, 6.45) is 0.708. The van der Waals surface area contributed by atoms with Crippen molar-refractivity contribution < 1.29 is 8.42 Å². The van der Waals surface area contributed by atoms with E-state index in [4.69, 9.17) is 5.26 Å². The van der Waals surface area contributed by atoms with Crippen molar-refractivity contribution in [3.63, 3.8) is 0 Å². The molecule has 1 rings (SSSR count). The Morgan fingerprint density at radius 3 is 2.44 bits per heavy atom. The minimum absolute atomic E-state index is 0.246. The van der Waals surface area contributed by atoms with Crippen LogP contribution in [0.3, 0.4) is 0 Å². The van der Waals surface area contributed by atoms with E-state index in [0.29, 0.717) is 19.5 Å². The lowest BCUT2D eigenvalue weighted by Gasteiger charge is -2.29. The smallest absolute Gasteiger partial charge is 0.152 e. The minimum atomic E-state index is -2.80. The third-order valence-corrected chi connectivity index (χ3v) is 4.77. The number of sulfone groups is 1. The van der Waals surface area contributed by atoms with Crippen LogP contribution in [0, 0.1) is 11.3 Å². The van der Waals surface area contributed by atoms with Gasteiger partial charge in [0, 0.05) is 19.6 Å². The van der Waals surface area contributed by atoms with Crippen molar-refractivity contribution in [2.24, 2.45) is 0 Å². The molecule has 1 aliphatic rings. The summed E-state index contributed by atoms with van der Waals surface area (Å²) in [7, 11) is -1.04. The average molecular weight is 245 g/mol. The lowest BCUT2D eigenvalue weighted by Crippen LogP contribution is -2.45. The molecule has 1 heterocycles. The molecule has 1 aliphatic heterocycles. The second-order valence-electron chi connectivity index (χ2n) is 4.44. The summed E-state index contributed by atoms with van der Waals surface area (Å²) >= 11 is 0. The highest BCUT2D eigenvalue weighted by molar-refractivity contribution is 7.91. The summed E-state index contributed by atoms with van der Waals surface area (Å²) in [5.41, 5.74) is -0.518. The van der Waals surface area contributed by atoms with Gasteiger partial charge in [-0.15, -0.1) is 0 Å². The molecule has 1 atom stereocenters. The molecule has 1 unspecified atom stereocenters. The normalized spacial score (nSPS) is 24.6. The number of rotatable bonds is 4. The maximum Gasteiger partial charge on any atom is 0.152 e. The highest BCUT2D eigenvalue weighted by Gasteiger charge is 2.25. The van der Waals surface area contributed by atoms with Gasteiger partial charge >= 0.3 is 0 Å². The Labute approximate surface area is 97.3 Å². The molecule has 0 amide bonds. The number of nitrogens with one attached hydrogen (secondary N) is 1. The Balaban J connectivity index is 2.39. The molecular weight excluding hydrogens is 226 g/mol. The van der Waals surface area contributed by atoms with E-state index in [1.807, 2.05) is 6.92 Å². The number of hydrogen-bond donors (Lipinski definition) is 1. The standard InChI is InChI=1S/C10H19N3O2S/c1-10(9-11,12-2)3-4-13-5-7-16(14,15)8-6-13/h12H,3-8H2,1-2H3. The fourth-order valence-electron chi connectivity index (χ4n) is 1.59. The van der Waals surface area contributed by atoms with Crippen molar-refractivity contribution in [3.8, 4) is 6.07 Å². The van der Waals surface area contributed by atoms with Crippen LogP contribution >= 0.6 is 0 Å². The van der Waals surface area contributed by atoms with E-state index < -0.39 is 15.4 Å². The first-order valence-corrected chi connectivity index (χ1v) is 7.26. The maximum absolute atomic E-state index is 11.2. The molecule has 92 valence electrons. The second-order valence-corrected chi connectivity index (χ2v) is 6.74. The van der Waals surface area contributed by atoms with Gasteiger partial charge in [0.25, 0.3) is 0 Å². The molecule has 6 heteroatoms. The molecule has 1 N–H and O–H groups in total. The van der Waals surface area contributed by atoms with Gasteiger partial charge in [-0.3, -0.25) is 0 Å². The largest absolute Gasteiger partial charge is 0.303 e. The van der Waals surface area contributed by atoms with Crippen molar-refractivity contribution >= 4 is 9.84 Å². The summed E-state index contributed by atoms with van der Waals surface area (Å²) in [4.78, 5) is 2.11. The molecule has 0 aromatic heterocycles. The van der Waals surface area contributed by atoms with E-state index in [-0.39, 0.29) is 11.5 Å². The summed E-state index contributed by atoms with van der Waals surface area (Å²) in [5.74, 6) is 0.492. The van der Waals surface area contributed by atoms with Gasteiger partial charge in [-0.05, 0) is 20.4 Å². The van der Waals surface area contributed by atoms with Crippen LogP contribution in [0.15, 0.2) is 0 Å². The summed E-state index contributed by atoms with van der Waals surface area (Å²) in [6.45, 7) is 3.80. The molecule has 0 aliphatic carbocycles. The molecule has 0 spiro atoms. The van der Waals surface area contributed by atoms with Crippen LogP contribution in [0.5, 0.6) is 0 Å². The molecular formula is C10H19N3O2S. The van der Waals surface area contributed by atoms with Crippen LogP contribution in [0.1, 0.15) is 13.3 Å². The summed E-state index contributed by atoms with van der Waals surface area (Å²) < 4.78 is 22.4. The molecule has 5 nitrogen and oxygen atoms in total. The Morgan fingerprint density at radius 2 is 2.00 bits per heavy atom. The summed E-state index contributed by atoms with van der Waals surface area (Å²) in [6, 6.07) is 2.23. The average Bonchev–Trinajstić information content (AvgIpc) is 2.27. The van der Waals surface area contributed by atoms with Gasteiger partial charge in [-0.1, -0.05) is 0 Å². The second kappa shape index (κ2) is 5.13. The monoisotopic (exact) mass is 245 g/mol. The minimum Gasteiger partial charge on any atom is -0.303 e. The SMILES string of the molecule is CNC(C)(C#N)CCN1CCS(=O)(=O)CC1. The van der Waals surface area contributed by atoms with Crippen LogP contribution in [-0.4, -0.2) is 57.0 Å². The van der Waals surface area contributed by atoms with E-state index >= 15 is 0 Å². The zero-order chi connectivity index (χ0) is 12.2. The third kappa shape index (κ3) is 3.74. The summed E-state index contributed by atoms with van der Waals surface area (Å²) in [5, 5.41) is 11.9. The Morgan fingerprint density at radius 1 is 1.44 bits per heavy atom. The van der Waals surface area contributed by atoms with E-state index in [0.717, 1.165) is 6.54 Å². The van der Waals surface area contributed by atoms with Gasteiger partial charge in [0.15, 0.2) is 9.84 Å². The Hall–Kier alpha value is -0.640. The molecule has 0 bridgehead atoms. The predicted octanol–water partition coefficient (Wildman–Crippen LogP) is -0.391. The quantitative estimate of drug-likeness (QED) is 0.730. The van der Waals surface area contributed by atoms with Gasteiger partial charge in [0.1, 0.15) is 5.54 Å². The van der Waals surface area contributed by atoms with Gasteiger partial charge in [0.05, 0.1) is 17.6 Å². The third-order valence-electron chi connectivity index (χ3n) is 3.16. The van der Waals surface area contributed by atoms with Crippen molar-refractivity contribution in [1.29, 1.82) is 5.26 Å². The van der Waals surface area contributed by atoms with Crippen LogP contribution in [-0.2, 0) is 9.84 Å². The molecule has 0 aromatic rings. The van der Waals surface area contributed by atoms with Crippen LogP contribution in [0.4, 0.5) is 0 Å².